The van der Waals surface area contributed by atoms with Crippen LogP contribution < -0.4 is 4.90 Å². The molecule has 0 bridgehead atoms. The van der Waals surface area contributed by atoms with Crippen LogP contribution in [0.1, 0.15) is 10.4 Å². The van der Waals surface area contributed by atoms with E-state index >= 15 is 0 Å². The molecule has 1 aliphatic heterocycles. The van der Waals surface area contributed by atoms with Gasteiger partial charge in [0.25, 0.3) is 11.5 Å². The number of amides is 1. The Balaban J connectivity index is 2.58. The summed E-state index contributed by atoms with van der Waals surface area (Å²) in [6.45, 7) is -0.630. The smallest absolute Gasteiger partial charge is 0.301 e. The van der Waals surface area contributed by atoms with E-state index in [2.05, 4.69) is 0 Å². The standard InChI is InChI=1S/C9H6N2O5/c12-4-10-7-2-1-5(11(15)16)3-6(7)8(13)9(10)14/h1-3,12H,4H2. The number of carbonyl (C=O) groups excluding carboxylic acids is 2. The molecule has 1 heterocycles. The summed E-state index contributed by atoms with van der Waals surface area (Å²) in [5.74, 6) is -1.72. The fraction of sp³-hybridized carbons (Fsp3) is 0.111. The maximum absolute atomic E-state index is 11.4. The molecule has 0 aromatic heterocycles. The molecule has 1 amide bonds. The van der Waals surface area contributed by atoms with Gasteiger partial charge < -0.3 is 5.11 Å². The van der Waals surface area contributed by atoms with Crippen LogP contribution in [0.3, 0.4) is 0 Å². The summed E-state index contributed by atoms with van der Waals surface area (Å²) >= 11 is 0. The van der Waals surface area contributed by atoms with Gasteiger partial charge >= 0.3 is 5.91 Å². The third kappa shape index (κ3) is 1.26. The number of rotatable bonds is 2. The number of nitro benzene ring substituents is 1. The predicted octanol–water partition coefficient (Wildman–Crippen LogP) is 0.0739. The normalized spacial score (nSPS) is 14.2. The molecule has 7 heteroatoms. The van der Waals surface area contributed by atoms with Crippen LogP contribution >= 0.6 is 0 Å². The minimum Gasteiger partial charge on any atom is -0.376 e. The van der Waals surface area contributed by atoms with E-state index in [1.165, 1.54) is 12.1 Å². The van der Waals surface area contributed by atoms with Crippen LogP contribution in [0.5, 0.6) is 0 Å². The lowest BCUT2D eigenvalue weighted by Crippen LogP contribution is -2.30. The molecule has 1 aromatic rings. The fourth-order valence-electron chi connectivity index (χ4n) is 1.54. The number of benzene rings is 1. The topological polar surface area (TPSA) is 101 Å². The highest BCUT2D eigenvalue weighted by atomic mass is 16.6. The van der Waals surface area contributed by atoms with Gasteiger partial charge in [-0.1, -0.05) is 0 Å². The molecular weight excluding hydrogens is 216 g/mol. The number of carbonyl (C=O) groups is 2. The number of ketones is 1. The number of aliphatic hydroxyl groups excluding tert-OH is 1. The van der Waals surface area contributed by atoms with Gasteiger partial charge in [-0.2, -0.15) is 0 Å². The van der Waals surface area contributed by atoms with Crippen molar-refractivity contribution in [1.29, 1.82) is 0 Å². The van der Waals surface area contributed by atoms with Crippen molar-refractivity contribution in [2.45, 2.75) is 0 Å². The second-order valence-electron chi connectivity index (χ2n) is 3.16. The Hall–Kier alpha value is -2.28. The lowest BCUT2D eigenvalue weighted by Gasteiger charge is -2.11. The molecule has 16 heavy (non-hydrogen) atoms. The number of hydrogen-bond donors (Lipinski definition) is 1. The molecule has 0 fully saturated rings. The summed E-state index contributed by atoms with van der Waals surface area (Å²) < 4.78 is 0. The summed E-state index contributed by atoms with van der Waals surface area (Å²) in [5.41, 5.74) is -0.115. The number of hydrogen-bond acceptors (Lipinski definition) is 5. The number of fused-ring (bicyclic) bond motifs is 1. The summed E-state index contributed by atoms with van der Waals surface area (Å²) in [7, 11) is 0. The minimum absolute atomic E-state index is 0.0479. The summed E-state index contributed by atoms with van der Waals surface area (Å²) in [4.78, 5) is 33.4. The van der Waals surface area contributed by atoms with Crippen LogP contribution in [-0.2, 0) is 4.79 Å². The molecule has 0 aliphatic carbocycles. The Bertz CT molecular complexity index is 511. The highest BCUT2D eigenvalue weighted by molar-refractivity contribution is 6.52. The molecule has 0 saturated carbocycles. The number of anilines is 1. The van der Waals surface area contributed by atoms with E-state index in [-0.39, 0.29) is 16.9 Å². The third-order valence-electron chi connectivity index (χ3n) is 2.31. The van der Waals surface area contributed by atoms with Gasteiger partial charge in [0.1, 0.15) is 6.73 Å². The Morgan fingerprint density at radius 1 is 1.38 bits per heavy atom. The lowest BCUT2D eigenvalue weighted by atomic mass is 10.1. The zero-order chi connectivity index (χ0) is 11.9. The first kappa shape index (κ1) is 10.2. The van der Waals surface area contributed by atoms with Gasteiger partial charge in [0, 0.05) is 12.1 Å². The van der Waals surface area contributed by atoms with Crippen molar-refractivity contribution in [1.82, 2.24) is 0 Å². The van der Waals surface area contributed by atoms with Crippen LogP contribution in [0.25, 0.3) is 0 Å². The molecule has 7 nitrogen and oxygen atoms in total. The van der Waals surface area contributed by atoms with E-state index in [0.29, 0.717) is 0 Å². The molecule has 1 aliphatic rings. The number of non-ortho nitro benzene ring substituents is 1. The SMILES string of the molecule is O=C1C(=O)N(CO)c2ccc([N+](=O)[O-])cc21. The molecule has 1 N–H and O–H groups in total. The molecule has 82 valence electrons. The van der Waals surface area contributed by atoms with Gasteiger partial charge in [0.05, 0.1) is 16.2 Å². The van der Waals surface area contributed by atoms with E-state index in [4.69, 9.17) is 5.11 Å². The number of Topliss-reactive ketones (excluding diaryl/α,β-unsaturated/α-hetero) is 1. The quantitative estimate of drug-likeness (QED) is 0.433. The van der Waals surface area contributed by atoms with Crippen LogP contribution in [0.4, 0.5) is 11.4 Å². The average molecular weight is 222 g/mol. The lowest BCUT2D eigenvalue weighted by molar-refractivity contribution is -0.384. The molecule has 1 aromatic carbocycles. The van der Waals surface area contributed by atoms with Crippen LogP contribution in [0, 0.1) is 10.1 Å². The number of aliphatic hydroxyl groups is 1. The highest BCUT2D eigenvalue weighted by Crippen LogP contribution is 2.31. The fourth-order valence-corrected chi connectivity index (χ4v) is 1.54. The maximum Gasteiger partial charge on any atom is 0.301 e. The van der Waals surface area contributed by atoms with Gasteiger partial charge in [-0.05, 0) is 6.07 Å². The summed E-state index contributed by atoms with van der Waals surface area (Å²) in [6, 6.07) is 3.48. The van der Waals surface area contributed by atoms with Gasteiger partial charge in [-0.3, -0.25) is 24.6 Å². The first-order valence-electron chi connectivity index (χ1n) is 4.31. The van der Waals surface area contributed by atoms with Crippen molar-refractivity contribution in [3.8, 4) is 0 Å². The van der Waals surface area contributed by atoms with Gasteiger partial charge in [0.15, 0.2) is 0 Å². The van der Waals surface area contributed by atoms with Crippen LogP contribution in [0.2, 0.25) is 0 Å². The third-order valence-corrected chi connectivity index (χ3v) is 2.31. The van der Waals surface area contributed by atoms with Gasteiger partial charge in [0.2, 0.25) is 0 Å². The Labute approximate surface area is 89.1 Å². The molecule has 0 atom stereocenters. The molecular formula is C9H6N2O5. The summed E-state index contributed by atoms with van der Waals surface area (Å²) in [6.07, 6.45) is 0. The van der Waals surface area contributed by atoms with Crippen LogP contribution in [0.15, 0.2) is 18.2 Å². The van der Waals surface area contributed by atoms with E-state index in [1.807, 2.05) is 0 Å². The van der Waals surface area contributed by atoms with Gasteiger partial charge in [-0.25, -0.2) is 0 Å². The van der Waals surface area contributed by atoms with Crippen molar-refractivity contribution in [3.63, 3.8) is 0 Å². The molecule has 0 saturated heterocycles. The maximum atomic E-state index is 11.4. The predicted molar refractivity (Wildman–Crippen MR) is 52.0 cm³/mol. The van der Waals surface area contributed by atoms with Crippen molar-refractivity contribution in [2.24, 2.45) is 0 Å². The zero-order valence-electron chi connectivity index (χ0n) is 7.91. The second-order valence-corrected chi connectivity index (χ2v) is 3.16. The van der Waals surface area contributed by atoms with Crippen LogP contribution in [-0.4, -0.2) is 28.5 Å². The van der Waals surface area contributed by atoms with E-state index in [0.717, 1.165) is 11.0 Å². The van der Waals surface area contributed by atoms with Crippen molar-refractivity contribution in [2.75, 3.05) is 11.6 Å². The Morgan fingerprint density at radius 2 is 2.06 bits per heavy atom. The van der Waals surface area contributed by atoms with Crippen molar-refractivity contribution >= 4 is 23.1 Å². The molecule has 0 radical (unpaired) electrons. The van der Waals surface area contributed by atoms with E-state index in [1.54, 1.807) is 0 Å². The molecule has 0 spiro atoms. The largest absolute Gasteiger partial charge is 0.376 e. The Kier molecular flexibility index (Phi) is 2.17. The van der Waals surface area contributed by atoms with E-state index < -0.39 is 23.3 Å². The van der Waals surface area contributed by atoms with Crippen molar-refractivity contribution in [3.05, 3.63) is 33.9 Å². The number of nitro groups is 1. The zero-order valence-corrected chi connectivity index (χ0v) is 7.91. The minimum atomic E-state index is -0.877. The van der Waals surface area contributed by atoms with Gasteiger partial charge in [-0.15, -0.1) is 0 Å². The molecule has 2 rings (SSSR count). The van der Waals surface area contributed by atoms with Crippen molar-refractivity contribution < 1.29 is 19.6 Å². The molecule has 0 unspecified atom stereocenters. The average Bonchev–Trinajstić information content (AvgIpc) is 2.51. The monoisotopic (exact) mass is 222 g/mol. The first-order chi connectivity index (χ1) is 7.56. The first-order valence-corrected chi connectivity index (χ1v) is 4.31. The second kappa shape index (κ2) is 3.38. The number of nitrogens with zero attached hydrogens (tertiary/aromatic N) is 2. The summed E-state index contributed by atoms with van der Waals surface area (Å²) in [5, 5.41) is 19.4. The Morgan fingerprint density at radius 3 is 2.62 bits per heavy atom. The van der Waals surface area contributed by atoms with E-state index in [9.17, 15) is 19.7 Å². The highest BCUT2D eigenvalue weighted by Gasteiger charge is 2.36.